The number of fused-ring (bicyclic) bond motifs is 3. The molecule has 0 aromatic heterocycles. The molecule has 1 aliphatic carbocycles. The van der Waals surface area contributed by atoms with E-state index in [9.17, 15) is 9.59 Å². The number of rotatable bonds is 2. The Morgan fingerprint density at radius 1 is 1.29 bits per heavy atom. The van der Waals surface area contributed by atoms with Crippen LogP contribution >= 0.6 is 0 Å². The molecule has 4 nitrogen and oxygen atoms in total. The molecule has 4 rings (SSSR count). The van der Waals surface area contributed by atoms with Crippen molar-refractivity contribution in [2.75, 3.05) is 5.32 Å². The van der Waals surface area contributed by atoms with Gasteiger partial charge in [0.2, 0.25) is 0 Å². The number of hydrogen-bond acceptors (Lipinski definition) is 4. The molecule has 0 fully saturated rings. The number of benzene rings is 2. The molecule has 2 atom stereocenters. The van der Waals surface area contributed by atoms with Crippen molar-refractivity contribution >= 4 is 17.4 Å². The van der Waals surface area contributed by atoms with Crippen LogP contribution in [0.5, 0.6) is 5.75 Å². The van der Waals surface area contributed by atoms with Crippen molar-refractivity contribution in [3.63, 3.8) is 0 Å². The third kappa shape index (κ3) is 1.92. The van der Waals surface area contributed by atoms with Gasteiger partial charge in [-0.3, -0.25) is 4.79 Å². The van der Waals surface area contributed by atoms with Gasteiger partial charge in [0.05, 0.1) is 11.6 Å². The molecule has 2 aliphatic rings. The lowest BCUT2D eigenvalue weighted by atomic mass is 9.79. The van der Waals surface area contributed by atoms with Crippen molar-refractivity contribution in [3.8, 4) is 5.75 Å². The highest BCUT2D eigenvalue weighted by Gasteiger charge is 2.58. The van der Waals surface area contributed by atoms with E-state index in [0.717, 1.165) is 22.4 Å². The van der Waals surface area contributed by atoms with Gasteiger partial charge in [-0.05, 0) is 36.6 Å². The van der Waals surface area contributed by atoms with Crippen LogP contribution in [-0.2, 0) is 21.5 Å². The summed E-state index contributed by atoms with van der Waals surface area (Å²) in [4.78, 5) is 25.7. The summed E-state index contributed by atoms with van der Waals surface area (Å²) in [6.45, 7) is 3.86. The van der Waals surface area contributed by atoms with Crippen molar-refractivity contribution in [3.05, 3.63) is 59.2 Å². The first-order valence-corrected chi connectivity index (χ1v) is 8.28. The predicted octanol–water partition coefficient (Wildman–Crippen LogP) is 3.37. The van der Waals surface area contributed by atoms with Gasteiger partial charge in [-0.25, -0.2) is 4.79 Å². The summed E-state index contributed by atoms with van der Waals surface area (Å²) in [6.07, 6.45) is 0.962. The van der Waals surface area contributed by atoms with Crippen molar-refractivity contribution in [1.82, 2.24) is 0 Å². The molecular formula is C20H19NO3. The van der Waals surface area contributed by atoms with Crippen LogP contribution in [0.25, 0.3) is 0 Å². The first-order chi connectivity index (χ1) is 11.6. The average molecular weight is 321 g/mol. The summed E-state index contributed by atoms with van der Waals surface area (Å²) >= 11 is 0. The van der Waals surface area contributed by atoms with E-state index in [4.69, 9.17) is 4.74 Å². The van der Waals surface area contributed by atoms with E-state index < -0.39 is 17.4 Å². The van der Waals surface area contributed by atoms with Crippen LogP contribution < -0.4 is 10.1 Å². The van der Waals surface area contributed by atoms with Crippen molar-refractivity contribution in [1.29, 1.82) is 0 Å². The van der Waals surface area contributed by atoms with E-state index in [1.807, 2.05) is 44.2 Å². The Bertz CT molecular complexity index is 858. The molecule has 4 heteroatoms. The van der Waals surface area contributed by atoms with E-state index in [1.165, 1.54) is 0 Å². The smallest absolute Gasteiger partial charge is 0.342 e. The molecule has 2 unspecified atom stereocenters. The number of carbonyl (C=O) groups excluding carboxylic acids is 2. The SMILES string of the molecule is CCC(=O)C1Cc2cc(C)ccc2C12Nc1ccccc1OC2=O. The van der Waals surface area contributed by atoms with Crippen LogP contribution in [0.4, 0.5) is 5.69 Å². The Labute approximate surface area is 140 Å². The zero-order chi connectivity index (χ0) is 16.9. The zero-order valence-electron chi connectivity index (χ0n) is 13.8. The molecule has 1 spiro atoms. The van der Waals surface area contributed by atoms with Gasteiger partial charge >= 0.3 is 5.97 Å². The van der Waals surface area contributed by atoms with E-state index in [-0.39, 0.29) is 5.78 Å². The molecule has 1 N–H and O–H groups in total. The van der Waals surface area contributed by atoms with Gasteiger partial charge in [0.15, 0.2) is 11.3 Å². The third-order valence-corrected chi connectivity index (χ3v) is 5.11. The highest BCUT2D eigenvalue weighted by atomic mass is 16.5. The Balaban J connectivity index is 1.93. The Hall–Kier alpha value is -2.62. The molecular weight excluding hydrogens is 302 g/mol. The summed E-state index contributed by atoms with van der Waals surface area (Å²) in [7, 11) is 0. The maximum atomic E-state index is 13.0. The quantitative estimate of drug-likeness (QED) is 0.680. The molecule has 0 amide bonds. The Morgan fingerprint density at radius 3 is 2.88 bits per heavy atom. The maximum absolute atomic E-state index is 13.0. The summed E-state index contributed by atoms with van der Waals surface area (Å²) in [5.41, 5.74) is 2.66. The molecule has 2 aromatic carbocycles. The Kier molecular flexibility index (Phi) is 3.23. The molecule has 2 aromatic rings. The Morgan fingerprint density at radius 2 is 2.08 bits per heavy atom. The summed E-state index contributed by atoms with van der Waals surface area (Å²) in [5.74, 6) is -0.250. The summed E-state index contributed by atoms with van der Waals surface area (Å²) in [6, 6.07) is 13.4. The van der Waals surface area contributed by atoms with E-state index >= 15 is 0 Å². The monoisotopic (exact) mass is 321 g/mol. The van der Waals surface area contributed by atoms with Crippen LogP contribution in [0.1, 0.15) is 30.0 Å². The van der Waals surface area contributed by atoms with E-state index in [2.05, 4.69) is 11.4 Å². The standard InChI is InChI=1S/C20H19NO3/c1-3-17(22)15-11-13-10-12(2)8-9-14(13)20(15)19(23)24-18-7-5-4-6-16(18)21-20/h4-10,15,21H,3,11H2,1-2H3. The molecule has 122 valence electrons. The van der Waals surface area contributed by atoms with Gasteiger partial charge in [-0.15, -0.1) is 0 Å². The number of esters is 1. The summed E-state index contributed by atoms with van der Waals surface area (Å²) < 4.78 is 5.63. The van der Waals surface area contributed by atoms with Crippen LogP contribution in [-0.4, -0.2) is 11.8 Å². The number of Topliss-reactive ketones (excluding diaryl/α,β-unsaturated/α-hetero) is 1. The number of ether oxygens (including phenoxy) is 1. The van der Waals surface area contributed by atoms with Gasteiger partial charge < -0.3 is 10.1 Å². The number of nitrogens with one attached hydrogen (secondary N) is 1. The first-order valence-electron chi connectivity index (χ1n) is 8.28. The van der Waals surface area contributed by atoms with Crippen LogP contribution in [0.15, 0.2) is 42.5 Å². The van der Waals surface area contributed by atoms with Crippen molar-refractivity contribution < 1.29 is 14.3 Å². The second-order valence-electron chi connectivity index (χ2n) is 6.56. The number of anilines is 1. The lowest BCUT2D eigenvalue weighted by Gasteiger charge is -2.38. The van der Waals surface area contributed by atoms with Crippen LogP contribution in [0, 0.1) is 12.8 Å². The number of ketones is 1. The highest BCUT2D eigenvalue weighted by Crippen LogP contribution is 2.49. The fraction of sp³-hybridized carbons (Fsp3) is 0.300. The molecule has 0 bridgehead atoms. The number of aryl methyl sites for hydroxylation is 1. The fourth-order valence-corrected chi connectivity index (χ4v) is 3.95. The zero-order valence-corrected chi connectivity index (χ0v) is 13.8. The molecule has 1 aliphatic heterocycles. The highest BCUT2D eigenvalue weighted by molar-refractivity contribution is 6.00. The minimum Gasteiger partial charge on any atom is -0.422 e. The topological polar surface area (TPSA) is 55.4 Å². The first kappa shape index (κ1) is 14.9. The van der Waals surface area contributed by atoms with Gasteiger partial charge in [-0.1, -0.05) is 42.8 Å². The van der Waals surface area contributed by atoms with Gasteiger partial charge in [0.25, 0.3) is 0 Å². The molecule has 1 heterocycles. The van der Waals surface area contributed by atoms with Crippen LogP contribution in [0.3, 0.4) is 0 Å². The third-order valence-electron chi connectivity index (χ3n) is 5.11. The van der Waals surface area contributed by atoms with Crippen molar-refractivity contribution in [2.45, 2.75) is 32.2 Å². The van der Waals surface area contributed by atoms with Gasteiger partial charge in [0, 0.05) is 6.42 Å². The predicted molar refractivity (Wildman–Crippen MR) is 91.0 cm³/mol. The second-order valence-corrected chi connectivity index (χ2v) is 6.56. The van der Waals surface area contributed by atoms with Gasteiger partial charge in [-0.2, -0.15) is 0 Å². The molecule has 24 heavy (non-hydrogen) atoms. The summed E-state index contributed by atoms with van der Waals surface area (Å²) in [5, 5.41) is 3.37. The number of carbonyl (C=O) groups is 2. The maximum Gasteiger partial charge on any atom is 0.342 e. The number of hydrogen-bond donors (Lipinski definition) is 1. The largest absolute Gasteiger partial charge is 0.422 e. The van der Waals surface area contributed by atoms with Gasteiger partial charge in [0.1, 0.15) is 5.78 Å². The van der Waals surface area contributed by atoms with Crippen molar-refractivity contribution in [2.24, 2.45) is 5.92 Å². The minimum absolute atomic E-state index is 0.0766. The average Bonchev–Trinajstić information content (AvgIpc) is 2.89. The molecule has 0 saturated heterocycles. The van der Waals surface area contributed by atoms with E-state index in [0.29, 0.717) is 18.6 Å². The second kappa shape index (κ2) is 5.20. The van der Waals surface area contributed by atoms with Crippen LogP contribution in [0.2, 0.25) is 0 Å². The molecule has 0 radical (unpaired) electrons. The minimum atomic E-state index is -1.12. The fourth-order valence-electron chi connectivity index (χ4n) is 3.95. The number of para-hydroxylation sites is 2. The lowest BCUT2D eigenvalue weighted by Crippen LogP contribution is -2.54. The molecule has 0 saturated carbocycles. The van der Waals surface area contributed by atoms with E-state index in [1.54, 1.807) is 6.07 Å². The lowest BCUT2D eigenvalue weighted by molar-refractivity contribution is -0.145. The normalized spacial score (nSPS) is 24.1.